The van der Waals surface area contributed by atoms with E-state index in [2.05, 4.69) is 10.3 Å². The summed E-state index contributed by atoms with van der Waals surface area (Å²) in [6, 6.07) is 0. The predicted molar refractivity (Wildman–Crippen MR) is 41.7 cm³/mol. The van der Waals surface area contributed by atoms with Crippen LogP contribution in [-0.2, 0) is 4.79 Å². The number of hydrogen-bond donors (Lipinski definition) is 5. The highest BCUT2D eigenvalue weighted by Gasteiger charge is 2.31. The lowest BCUT2D eigenvalue weighted by Crippen LogP contribution is -2.53. The minimum absolute atomic E-state index is 0.0669. The fourth-order valence-corrected chi connectivity index (χ4v) is 1.10. The molecule has 0 aromatic carbocycles. The molecule has 7 nitrogen and oxygen atoms in total. The van der Waals surface area contributed by atoms with Gasteiger partial charge in [-0.15, -0.1) is 0 Å². The molecule has 0 saturated carbocycles. The van der Waals surface area contributed by atoms with Crippen LogP contribution in [-0.4, -0.2) is 39.1 Å². The van der Waals surface area contributed by atoms with Crippen LogP contribution in [0, 0.1) is 0 Å². The maximum absolute atomic E-state index is 10.9. The van der Waals surface area contributed by atoms with Crippen LogP contribution < -0.4 is 10.8 Å². The lowest BCUT2D eigenvalue weighted by Gasteiger charge is -2.29. The molecule has 0 radical (unpaired) electrons. The van der Waals surface area contributed by atoms with Crippen LogP contribution in [0.15, 0.2) is 4.99 Å². The Bertz CT molecular complexity index is 250. The van der Waals surface area contributed by atoms with E-state index in [-0.39, 0.29) is 12.1 Å². The maximum atomic E-state index is 10.9. The van der Waals surface area contributed by atoms with Gasteiger partial charge in [0.25, 0.3) is 5.91 Å². The summed E-state index contributed by atoms with van der Waals surface area (Å²) in [5.74, 6) is -2.51. The summed E-state index contributed by atoms with van der Waals surface area (Å²) in [5.41, 5.74) is 1.26. The number of aliphatic hydroxyl groups excluding tert-OH is 1. The zero-order valence-corrected chi connectivity index (χ0v) is 6.98. The van der Waals surface area contributed by atoms with Crippen molar-refractivity contribution in [3.8, 4) is 0 Å². The average molecular weight is 189 g/mol. The van der Waals surface area contributed by atoms with E-state index in [4.69, 9.17) is 10.3 Å². The van der Waals surface area contributed by atoms with E-state index in [9.17, 15) is 9.90 Å². The Kier molecular flexibility index (Phi) is 2.62. The molecule has 1 heterocycles. The lowest BCUT2D eigenvalue weighted by molar-refractivity contribution is -0.123. The van der Waals surface area contributed by atoms with Crippen molar-refractivity contribution in [2.24, 2.45) is 4.99 Å². The molecule has 1 aliphatic rings. The van der Waals surface area contributed by atoms with Crippen LogP contribution in [0.5, 0.6) is 0 Å². The van der Waals surface area contributed by atoms with Gasteiger partial charge < -0.3 is 10.2 Å². The Morgan fingerprint density at radius 2 is 2.46 bits per heavy atom. The summed E-state index contributed by atoms with van der Waals surface area (Å²) < 4.78 is 0. The molecule has 1 amide bonds. The van der Waals surface area contributed by atoms with Gasteiger partial charge in [-0.25, -0.2) is 15.8 Å². The molecule has 2 unspecified atom stereocenters. The first-order valence-electron chi connectivity index (χ1n) is 3.66. The quantitative estimate of drug-likeness (QED) is 0.240. The molecule has 0 fully saturated rings. The second kappa shape index (κ2) is 3.38. The number of carbonyl (C=O) groups is 1. The third-order valence-electron chi connectivity index (χ3n) is 1.54. The summed E-state index contributed by atoms with van der Waals surface area (Å²) in [5, 5.41) is 29.1. The third kappa shape index (κ3) is 2.46. The Balaban J connectivity index is 2.85. The van der Waals surface area contributed by atoms with Crippen LogP contribution in [0.25, 0.3) is 0 Å². The Morgan fingerprint density at radius 1 is 1.85 bits per heavy atom. The van der Waals surface area contributed by atoms with E-state index in [0.29, 0.717) is 0 Å². The number of hydrogen-bond acceptors (Lipinski definition) is 6. The zero-order valence-electron chi connectivity index (χ0n) is 6.98. The molecular weight excluding hydrogens is 178 g/mol. The molecule has 0 aromatic heterocycles. The van der Waals surface area contributed by atoms with Gasteiger partial charge in [0.05, 0.1) is 0 Å². The zero-order chi connectivity index (χ0) is 10.1. The first kappa shape index (κ1) is 10.1. The number of rotatable bonds is 1. The highest BCUT2D eigenvalue weighted by Crippen LogP contribution is 2.11. The molecule has 0 spiro atoms. The van der Waals surface area contributed by atoms with Crippen LogP contribution in [0.3, 0.4) is 0 Å². The molecule has 2 atom stereocenters. The van der Waals surface area contributed by atoms with Gasteiger partial charge >= 0.3 is 0 Å². The molecule has 0 bridgehead atoms. The Hall–Kier alpha value is -1.02. The Labute approximate surface area is 74.1 Å². The second-order valence-electron chi connectivity index (χ2n) is 2.88. The van der Waals surface area contributed by atoms with E-state index >= 15 is 0 Å². The molecule has 0 aliphatic carbocycles. The van der Waals surface area contributed by atoms with E-state index in [1.807, 2.05) is 0 Å². The van der Waals surface area contributed by atoms with Crippen molar-refractivity contribution in [1.82, 2.24) is 10.8 Å². The van der Waals surface area contributed by atoms with E-state index in [1.54, 1.807) is 0 Å². The number of nitrogens with one attached hydrogen (secondary N) is 2. The third-order valence-corrected chi connectivity index (χ3v) is 1.54. The summed E-state index contributed by atoms with van der Waals surface area (Å²) in [7, 11) is 0. The largest absolute Gasteiger partial charge is 0.378 e. The minimum atomic E-state index is -1.68. The van der Waals surface area contributed by atoms with Gasteiger partial charge in [-0.05, 0) is 0 Å². The standard InChI is InChI=1S/C6H11N3O4/c1-6(12)7-3(5(11)9-13)2-4(10)8-6/h4,8,10,12-13H,2H2,1H3,(H,9,11). The topological polar surface area (TPSA) is 114 Å². The molecular formula is C6H11N3O4. The minimum Gasteiger partial charge on any atom is -0.378 e. The van der Waals surface area contributed by atoms with Crippen LogP contribution >= 0.6 is 0 Å². The number of hydroxylamine groups is 1. The average Bonchev–Trinajstić information content (AvgIpc) is 1.99. The fourth-order valence-electron chi connectivity index (χ4n) is 1.10. The van der Waals surface area contributed by atoms with Crippen molar-refractivity contribution in [2.75, 3.05) is 0 Å². The monoisotopic (exact) mass is 189 g/mol. The number of amides is 1. The second-order valence-corrected chi connectivity index (χ2v) is 2.88. The van der Waals surface area contributed by atoms with Crippen molar-refractivity contribution in [2.45, 2.75) is 25.4 Å². The van der Waals surface area contributed by atoms with Crippen molar-refractivity contribution in [3.05, 3.63) is 0 Å². The summed E-state index contributed by atoms with van der Waals surface area (Å²) in [6.07, 6.45) is -1.12. The lowest BCUT2D eigenvalue weighted by atomic mass is 10.2. The van der Waals surface area contributed by atoms with Gasteiger partial charge in [-0.3, -0.25) is 10.0 Å². The molecule has 1 rings (SSSR count). The maximum Gasteiger partial charge on any atom is 0.288 e. The fraction of sp³-hybridized carbons (Fsp3) is 0.667. The summed E-state index contributed by atoms with van der Waals surface area (Å²) in [4.78, 5) is 14.4. The van der Waals surface area contributed by atoms with Gasteiger partial charge in [0.2, 0.25) is 5.85 Å². The number of aliphatic imine (C=N–C) groups is 1. The van der Waals surface area contributed by atoms with Crippen molar-refractivity contribution in [1.29, 1.82) is 0 Å². The molecule has 1 aliphatic heterocycles. The van der Waals surface area contributed by atoms with Gasteiger partial charge in [0, 0.05) is 13.3 Å². The molecule has 13 heavy (non-hydrogen) atoms. The number of aliphatic hydroxyl groups is 2. The number of nitrogens with zero attached hydrogens (tertiary/aromatic N) is 1. The smallest absolute Gasteiger partial charge is 0.288 e. The van der Waals surface area contributed by atoms with Crippen molar-refractivity contribution >= 4 is 11.6 Å². The van der Waals surface area contributed by atoms with E-state index in [0.717, 1.165) is 0 Å². The van der Waals surface area contributed by atoms with Crippen LogP contribution in [0.2, 0.25) is 0 Å². The van der Waals surface area contributed by atoms with Crippen molar-refractivity contribution < 1.29 is 20.2 Å². The normalized spacial score (nSPS) is 33.8. The molecule has 0 saturated heterocycles. The SMILES string of the molecule is CC1(O)N=C(C(=O)NO)CC(O)N1. The van der Waals surface area contributed by atoms with Gasteiger partial charge in [0.15, 0.2) is 0 Å². The van der Waals surface area contributed by atoms with Crippen LogP contribution in [0.1, 0.15) is 13.3 Å². The van der Waals surface area contributed by atoms with E-state index in [1.165, 1.54) is 12.4 Å². The first-order chi connectivity index (χ1) is 5.94. The number of carbonyl (C=O) groups excluding carboxylic acids is 1. The summed E-state index contributed by atoms with van der Waals surface area (Å²) in [6.45, 7) is 1.28. The molecule has 7 heteroatoms. The predicted octanol–water partition coefficient (Wildman–Crippen LogP) is -2.09. The molecule has 74 valence electrons. The first-order valence-corrected chi connectivity index (χ1v) is 3.66. The van der Waals surface area contributed by atoms with Crippen LogP contribution in [0.4, 0.5) is 0 Å². The summed E-state index contributed by atoms with van der Waals surface area (Å²) >= 11 is 0. The highest BCUT2D eigenvalue weighted by atomic mass is 16.5. The highest BCUT2D eigenvalue weighted by molar-refractivity contribution is 6.38. The van der Waals surface area contributed by atoms with Gasteiger partial charge in [-0.2, -0.15) is 0 Å². The molecule has 0 aromatic rings. The van der Waals surface area contributed by atoms with E-state index < -0.39 is 18.0 Å². The Morgan fingerprint density at radius 3 is 2.92 bits per heavy atom. The van der Waals surface area contributed by atoms with Gasteiger partial charge in [-0.1, -0.05) is 0 Å². The van der Waals surface area contributed by atoms with Crippen molar-refractivity contribution in [3.63, 3.8) is 0 Å². The van der Waals surface area contributed by atoms with Gasteiger partial charge in [0.1, 0.15) is 11.9 Å². The molecule has 5 N–H and O–H groups in total.